The van der Waals surface area contributed by atoms with Crippen molar-refractivity contribution in [2.24, 2.45) is 5.10 Å². The van der Waals surface area contributed by atoms with Gasteiger partial charge in [0.15, 0.2) is 0 Å². The lowest BCUT2D eigenvalue weighted by molar-refractivity contribution is 0.0952. The van der Waals surface area contributed by atoms with Gasteiger partial charge in [-0.2, -0.15) is 5.10 Å². The number of nitrogens with zero attached hydrogens (tertiary/aromatic N) is 1. The van der Waals surface area contributed by atoms with Gasteiger partial charge in [0.25, 0.3) is 5.91 Å². The molecule has 5 heteroatoms. The summed E-state index contributed by atoms with van der Waals surface area (Å²) in [7, 11) is 0. The monoisotopic (exact) mass is 318 g/mol. The number of carbonyl (C=O) groups is 1. The average molecular weight is 319 g/mol. The summed E-state index contributed by atoms with van der Waals surface area (Å²) in [5, 5.41) is 13.4. The number of aromatic hydroxyl groups is 1. The van der Waals surface area contributed by atoms with Crippen LogP contribution in [0.2, 0.25) is 0 Å². The Labute approximate surface area is 118 Å². The second-order valence-electron chi connectivity index (χ2n) is 3.77. The van der Waals surface area contributed by atoms with Gasteiger partial charge in [-0.15, -0.1) is 0 Å². The molecule has 2 N–H and O–H groups in total. The van der Waals surface area contributed by atoms with Gasteiger partial charge in [-0.05, 0) is 29.8 Å². The van der Waals surface area contributed by atoms with Gasteiger partial charge >= 0.3 is 0 Å². The molecular weight excluding hydrogens is 308 g/mol. The van der Waals surface area contributed by atoms with Gasteiger partial charge in [0.1, 0.15) is 5.75 Å². The van der Waals surface area contributed by atoms with E-state index in [4.69, 9.17) is 0 Å². The minimum Gasteiger partial charge on any atom is -0.507 e. The molecule has 0 aliphatic heterocycles. The molecule has 96 valence electrons. The minimum atomic E-state index is -0.454. The Morgan fingerprint density at radius 3 is 2.74 bits per heavy atom. The molecule has 0 bridgehead atoms. The van der Waals surface area contributed by atoms with Crippen molar-refractivity contribution < 1.29 is 9.90 Å². The molecule has 19 heavy (non-hydrogen) atoms. The molecule has 0 saturated carbocycles. The first-order chi connectivity index (χ1) is 9.16. The summed E-state index contributed by atoms with van der Waals surface area (Å²) in [6.07, 6.45) is 1.53. The van der Waals surface area contributed by atoms with E-state index in [9.17, 15) is 9.90 Å². The van der Waals surface area contributed by atoms with Gasteiger partial charge in [0.2, 0.25) is 0 Å². The average Bonchev–Trinajstić information content (AvgIpc) is 2.39. The van der Waals surface area contributed by atoms with Crippen LogP contribution in [0.1, 0.15) is 15.9 Å². The number of halogens is 1. The van der Waals surface area contributed by atoms with Crippen LogP contribution >= 0.6 is 15.9 Å². The molecule has 4 nitrogen and oxygen atoms in total. The quantitative estimate of drug-likeness (QED) is 0.675. The minimum absolute atomic E-state index is 0.0716. The summed E-state index contributed by atoms with van der Waals surface area (Å²) in [6, 6.07) is 13.8. The van der Waals surface area contributed by atoms with Crippen molar-refractivity contribution in [3.05, 3.63) is 64.1 Å². The highest BCUT2D eigenvalue weighted by Crippen LogP contribution is 2.15. The van der Waals surface area contributed by atoms with Crippen molar-refractivity contribution in [2.75, 3.05) is 0 Å². The molecule has 0 aliphatic rings. The summed E-state index contributed by atoms with van der Waals surface area (Å²) >= 11 is 3.35. The maximum atomic E-state index is 11.7. The number of phenols is 1. The smallest absolute Gasteiger partial charge is 0.275 e. The fourth-order valence-electron chi connectivity index (χ4n) is 1.48. The molecule has 0 fully saturated rings. The van der Waals surface area contributed by atoms with E-state index < -0.39 is 5.91 Å². The Morgan fingerprint density at radius 2 is 2.00 bits per heavy atom. The standard InChI is InChI=1S/C14H11BrN2O2/c15-11-5-3-4-10(8-11)9-16-17-14(19)12-6-1-2-7-13(12)18/h1-9,18H,(H,17,19). The first-order valence-corrected chi connectivity index (χ1v) is 6.33. The highest BCUT2D eigenvalue weighted by atomic mass is 79.9. The Hall–Kier alpha value is -2.14. The molecule has 2 aromatic carbocycles. The molecule has 0 unspecified atom stereocenters. The predicted octanol–water partition coefficient (Wildman–Crippen LogP) is 2.92. The third kappa shape index (κ3) is 3.66. The molecule has 2 aromatic rings. The van der Waals surface area contributed by atoms with Gasteiger partial charge in [-0.1, -0.05) is 40.2 Å². The maximum absolute atomic E-state index is 11.7. The molecule has 0 radical (unpaired) electrons. The number of hydrazone groups is 1. The SMILES string of the molecule is O=C(NN=Cc1cccc(Br)c1)c1ccccc1O. The van der Waals surface area contributed by atoms with Crippen molar-refractivity contribution in [3.63, 3.8) is 0 Å². The number of phenolic OH excluding ortho intramolecular Hbond substituents is 1. The summed E-state index contributed by atoms with van der Waals surface area (Å²) in [5.74, 6) is -0.526. The zero-order valence-corrected chi connectivity index (χ0v) is 11.5. The number of amides is 1. The largest absolute Gasteiger partial charge is 0.507 e. The number of rotatable bonds is 3. The summed E-state index contributed by atoms with van der Waals surface area (Å²) < 4.78 is 0.934. The fourth-order valence-corrected chi connectivity index (χ4v) is 1.90. The van der Waals surface area contributed by atoms with Crippen LogP contribution in [0.3, 0.4) is 0 Å². The normalized spacial score (nSPS) is 10.6. The molecule has 0 spiro atoms. The van der Waals surface area contributed by atoms with Gasteiger partial charge < -0.3 is 5.11 Å². The number of para-hydroxylation sites is 1. The summed E-state index contributed by atoms with van der Waals surface area (Å²) in [6.45, 7) is 0. The van der Waals surface area contributed by atoms with E-state index in [0.29, 0.717) is 0 Å². The molecule has 0 aromatic heterocycles. The van der Waals surface area contributed by atoms with Crippen LogP contribution in [-0.4, -0.2) is 17.2 Å². The van der Waals surface area contributed by atoms with E-state index in [1.807, 2.05) is 24.3 Å². The molecule has 2 rings (SSSR count). The van der Waals surface area contributed by atoms with Crippen molar-refractivity contribution in [1.29, 1.82) is 0 Å². The molecule has 0 heterocycles. The Bertz CT molecular complexity index is 626. The van der Waals surface area contributed by atoms with E-state index in [1.54, 1.807) is 12.1 Å². The predicted molar refractivity (Wildman–Crippen MR) is 77.3 cm³/mol. The Balaban J connectivity index is 2.03. The number of hydrogen-bond acceptors (Lipinski definition) is 3. The van der Waals surface area contributed by atoms with Crippen LogP contribution in [0.5, 0.6) is 5.75 Å². The Kier molecular flexibility index (Phi) is 4.30. The van der Waals surface area contributed by atoms with Gasteiger partial charge in [0, 0.05) is 4.47 Å². The third-order valence-electron chi connectivity index (χ3n) is 2.38. The lowest BCUT2D eigenvalue weighted by atomic mass is 10.2. The summed E-state index contributed by atoms with van der Waals surface area (Å²) in [5.41, 5.74) is 3.41. The third-order valence-corrected chi connectivity index (χ3v) is 2.87. The van der Waals surface area contributed by atoms with Gasteiger partial charge in [-0.3, -0.25) is 4.79 Å². The molecule has 0 atom stereocenters. The van der Waals surface area contributed by atoms with E-state index in [-0.39, 0.29) is 11.3 Å². The zero-order valence-electron chi connectivity index (χ0n) is 9.88. The maximum Gasteiger partial charge on any atom is 0.275 e. The van der Waals surface area contributed by atoms with E-state index in [2.05, 4.69) is 26.5 Å². The van der Waals surface area contributed by atoms with Crippen LogP contribution in [0.25, 0.3) is 0 Å². The lowest BCUT2D eigenvalue weighted by Gasteiger charge is -2.01. The first kappa shape index (κ1) is 13.3. The fraction of sp³-hybridized carbons (Fsp3) is 0. The van der Waals surface area contributed by atoms with Crippen LogP contribution in [0.4, 0.5) is 0 Å². The van der Waals surface area contributed by atoms with Crippen LogP contribution < -0.4 is 5.43 Å². The number of carbonyl (C=O) groups excluding carboxylic acids is 1. The van der Waals surface area contributed by atoms with Crippen LogP contribution in [-0.2, 0) is 0 Å². The number of nitrogens with one attached hydrogen (secondary N) is 1. The second-order valence-corrected chi connectivity index (χ2v) is 4.69. The molecular formula is C14H11BrN2O2. The number of hydrogen-bond donors (Lipinski definition) is 2. The molecule has 0 aliphatic carbocycles. The second kappa shape index (κ2) is 6.15. The van der Waals surface area contributed by atoms with E-state index >= 15 is 0 Å². The zero-order chi connectivity index (χ0) is 13.7. The van der Waals surface area contributed by atoms with E-state index in [0.717, 1.165) is 10.0 Å². The molecule has 0 saturated heterocycles. The van der Waals surface area contributed by atoms with E-state index in [1.165, 1.54) is 18.3 Å². The lowest BCUT2D eigenvalue weighted by Crippen LogP contribution is -2.17. The van der Waals surface area contributed by atoms with Crippen molar-refractivity contribution in [3.8, 4) is 5.75 Å². The summed E-state index contributed by atoms with van der Waals surface area (Å²) in [4.78, 5) is 11.7. The van der Waals surface area contributed by atoms with Crippen molar-refractivity contribution in [1.82, 2.24) is 5.43 Å². The highest BCUT2D eigenvalue weighted by molar-refractivity contribution is 9.10. The van der Waals surface area contributed by atoms with Gasteiger partial charge in [-0.25, -0.2) is 5.43 Å². The first-order valence-electron chi connectivity index (χ1n) is 5.54. The van der Waals surface area contributed by atoms with Crippen LogP contribution in [0.15, 0.2) is 58.1 Å². The van der Waals surface area contributed by atoms with Crippen molar-refractivity contribution >= 4 is 28.1 Å². The van der Waals surface area contributed by atoms with Crippen LogP contribution in [0, 0.1) is 0 Å². The highest BCUT2D eigenvalue weighted by Gasteiger charge is 2.08. The number of benzene rings is 2. The molecule has 1 amide bonds. The van der Waals surface area contributed by atoms with Gasteiger partial charge in [0.05, 0.1) is 11.8 Å². The topological polar surface area (TPSA) is 61.7 Å². The van der Waals surface area contributed by atoms with Crippen molar-refractivity contribution in [2.45, 2.75) is 0 Å². The Morgan fingerprint density at radius 1 is 1.21 bits per heavy atom.